The summed E-state index contributed by atoms with van der Waals surface area (Å²) in [5.74, 6) is 0.978. The second-order valence-electron chi connectivity index (χ2n) is 4.72. The van der Waals surface area contributed by atoms with Crippen molar-refractivity contribution in [2.24, 2.45) is 7.05 Å². The van der Waals surface area contributed by atoms with Gasteiger partial charge in [-0.25, -0.2) is 0 Å². The summed E-state index contributed by atoms with van der Waals surface area (Å²) in [4.78, 5) is 12.1. The monoisotopic (exact) mass is 297 g/mol. The Morgan fingerprint density at radius 1 is 1.27 bits per heavy atom. The van der Waals surface area contributed by atoms with E-state index >= 15 is 0 Å². The Balaban J connectivity index is 1.76. The Morgan fingerprint density at radius 3 is 2.68 bits per heavy atom. The lowest BCUT2D eigenvalue weighted by atomic mass is 10.1. The van der Waals surface area contributed by atoms with E-state index in [9.17, 15) is 4.79 Å². The number of methoxy groups -OCH3 is 1. The fourth-order valence-electron chi connectivity index (χ4n) is 2.01. The van der Waals surface area contributed by atoms with Crippen LogP contribution in [0.25, 0.3) is 11.3 Å². The van der Waals surface area contributed by atoms with Crippen molar-refractivity contribution in [3.63, 3.8) is 0 Å². The lowest BCUT2D eigenvalue weighted by Gasteiger charge is -2.00. The second kappa shape index (κ2) is 5.72. The Kier molecular flexibility index (Phi) is 3.61. The minimum atomic E-state index is -0.286. The summed E-state index contributed by atoms with van der Waals surface area (Å²) in [5.41, 5.74) is 1.96. The minimum absolute atomic E-state index is 0.286. The molecule has 0 fully saturated rings. The highest BCUT2D eigenvalue weighted by molar-refractivity contribution is 6.02. The molecule has 1 aromatic carbocycles. The highest BCUT2D eigenvalue weighted by atomic mass is 16.5. The molecular weight excluding hydrogens is 282 g/mol. The van der Waals surface area contributed by atoms with Gasteiger partial charge in [0.1, 0.15) is 11.4 Å². The number of nitrogens with zero attached hydrogens (tertiary/aromatic N) is 3. The zero-order chi connectivity index (χ0) is 15.5. The van der Waals surface area contributed by atoms with Gasteiger partial charge in [0.05, 0.1) is 12.8 Å². The van der Waals surface area contributed by atoms with Gasteiger partial charge in [-0.15, -0.1) is 0 Å². The van der Waals surface area contributed by atoms with Gasteiger partial charge in [-0.1, -0.05) is 0 Å². The molecule has 7 heteroatoms. The van der Waals surface area contributed by atoms with Crippen LogP contribution >= 0.6 is 0 Å². The van der Waals surface area contributed by atoms with Crippen LogP contribution in [-0.4, -0.2) is 33.0 Å². The number of anilines is 1. The van der Waals surface area contributed by atoms with Crippen LogP contribution in [0.5, 0.6) is 5.75 Å². The van der Waals surface area contributed by atoms with Crippen molar-refractivity contribution in [1.82, 2.24) is 20.0 Å². The van der Waals surface area contributed by atoms with Crippen LogP contribution in [0.2, 0.25) is 0 Å². The van der Waals surface area contributed by atoms with Gasteiger partial charge in [-0.05, 0) is 30.3 Å². The van der Waals surface area contributed by atoms with Crippen LogP contribution in [0.1, 0.15) is 10.5 Å². The zero-order valence-electron chi connectivity index (χ0n) is 12.2. The van der Waals surface area contributed by atoms with Gasteiger partial charge in [0, 0.05) is 24.9 Å². The Bertz CT molecular complexity index is 788. The molecule has 0 unspecified atom stereocenters. The van der Waals surface area contributed by atoms with E-state index in [1.165, 1.54) is 0 Å². The van der Waals surface area contributed by atoms with Crippen LogP contribution in [0.15, 0.2) is 42.6 Å². The molecule has 0 bridgehead atoms. The van der Waals surface area contributed by atoms with Gasteiger partial charge in [-0.2, -0.15) is 10.2 Å². The number of nitrogens with one attached hydrogen (secondary N) is 2. The molecule has 1 amide bonds. The van der Waals surface area contributed by atoms with E-state index in [2.05, 4.69) is 20.6 Å². The van der Waals surface area contributed by atoms with Crippen molar-refractivity contribution in [2.75, 3.05) is 12.4 Å². The van der Waals surface area contributed by atoms with Crippen molar-refractivity contribution >= 4 is 11.7 Å². The summed E-state index contributed by atoms with van der Waals surface area (Å²) in [7, 11) is 3.40. The van der Waals surface area contributed by atoms with Crippen LogP contribution in [0, 0.1) is 0 Å². The van der Waals surface area contributed by atoms with E-state index < -0.39 is 0 Å². The van der Waals surface area contributed by atoms with Crippen LogP contribution in [-0.2, 0) is 7.05 Å². The van der Waals surface area contributed by atoms with Crippen molar-refractivity contribution < 1.29 is 9.53 Å². The number of rotatable bonds is 4. The normalized spacial score (nSPS) is 10.5. The summed E-state index contributed by atoms with van der Waals surface area (Å²) in [6, 6.07) is 10.9. The molecular formula is C15H15N5O2. The molecule has 0 aliphatic rings. The molecule has 0 aliphatic carbocycles. The highest BCUT2D eigenvalue weighted by Crippen LogP contribution is 2.21. The number of hydrogen-bond donors (Lipinski definition) is 2. The lowest BCUT2D eigenvalue weighted by molar-refractivity contribution is 0.102. The quantitative estimate of drug-likeness (QED) is 0.772. The number of hydrogen-bond acceptors (Lipinski definition) is 4. The van der Waals surface area contributed by atoms with Crippen LogP contribution < -0.4 is 10.1 Å². The van der Waals surface area contributed by atoms with Crippen molar-refractivity contribution in [2.45, 2.75) is 0 Å². The smallest absolute Gasteiger partial charge is 0.274 e. The van der Waals surface area contributed by atoms with Gasteiger partial charge in [0.15, 0.2) is 5.82 Å². The van der Waals surface area contributed by atoms with E-state index in [1.54, 1.807) is 37.2 Å². The maximum atomic E-state index is 12.1. The zero-order valence-corrected chi connectivity index (χ0v) is 12.2. The van der Waals surface area contributed by atoms with E-state index in [0.717, 1.165) is 11.3 Å². The number of carbonyl (C=O) groups excluding carboxylic acids is 1. The lowest BCUT2D eigenvalue weighted by Crippen LogP contribution is -2.12. The average molecular weight is 297 g/mol. The number of carbonyl (C=O) groups is 1. The molecule has 3 rings (SSSR count). The number of H-pyrrole nitrogens is 1. The summed E-state index contributed by atoms with van der Waals surface area (Å²) < 4.78 is 6.73. The molecule has 7 nitrogen and oxygen atoms in total. The fourth-order valence-corrected chi connectivity index (χ4v) is 2.01. The molecule has 0 saturated heterocycles. The van der Waals surface area contributed by atoms with Gasteiger partial charge >= 0.3 is 0 Å². The first-order valence-corrected chi connectivity index (χ1v) is 6.66. The van der Waals surface area contributed by atoms with E-state index in [0.29, 0.717) is 17.2 Å². The number of aromatic amines is 1. The topological polar surface area (TPSA) is 84.8 Å². The number of aromatic nitrogens is 4. The van der Waals surface area contributed by atoms with Crippen LogP contribution in [0.3, 0.4) is 0 Å². The Labute approximate surface area is 126 Å². The average Bonchev–Trinajstić information content (AvgIpc) is 3.17. The highest BCUT2D eigenvalue weighted by Gasteiger charge is 2.12. The maximum absolute atomic E-state index is 12.1. The third-order valence-corrected chi connectivity index (χ3v) is 3.16. The largest absolute Gasteiger partial charge is 0.497 e. The standard InChI is InChI=1S/C15H15N5O2/c1-20-8-7-14(19-20)16-15(21)13-9-12(17-18-13)10-3-5-11(22-2)6-4-10/h3-9H,1-2H3,(H,17,18)(H,16,19,21). The molecule has 112 valence electrons. The number of ether oxygens (including phenoxy) is 1. The molecule has 2 aromatic heterocycles. The summed E-state index contributed by atoms with van der Waals surface area (Å²) in [6.45, 7) is 0. The maximum Gasteiger partial charge on any atom is 0.274 e. The van der Waals surface area contributed by atoms with Crippen molar-refractivity contribution in [3.8, 4) is 17.0 Å². The molecule has 3 aromatic rings. The molecule has 0 aliphatic heterocycles. The van der Waals surface area contributed by atoms with Crippen molar-refractivity contribution in [3.05, 3.63) is 48.3 Å². The molecule has 0 atom stereocenters. The molecule has 0 radical (unpaired) electrons. The third-order valence-electron chi connectivity index (χ3n) is 3.16. The molecule has 2 heterocycles. The second-order valence-corrected chi connectivity index (χ2v) is 4.72. The molecule has 2 N–H and O–H groups in total. The predicted molar refractivity (Wildman–Crippen MR) is 81.7 cm³/mol. The molecule has 22 heavy (non-hydrogen) atoms. The van der Waals surface area contributed by atoms with Crippen molar-refractivity contribution in [1.29, 1.82) is 0 Å². The number of amides is 1. The van der Waals surface area contributed by atoms with E-state index in [4.69, 9.17) is 4.74 Å². The minimum Gasteiger partial charge on any atom is -0.497 e. The van der Waals surface area contributed by atoms with Gasteiger partial charge in [0.25, 0.3) is 5.91 Å². The SMILES string of the molecule is COc1ccc(-c2cc(C(=O)Nc3ccn(C)n3)[nH]n2)cc1. The van der Waals surface area contributed by atoms with Gasteiger partial charge < -0.3 is 10.1 Å². The third kappa shape index (κ3) is 2.83. The van der Waals surface area contributed by atoms with Gasteiger partial charge in [0.2, 0.25) is 0 Å². The van der Waals surface area contributed by atoms with E-state index in [1.807, 2.05) is 24.3 Å². The first-order valence-electron chi connectivity index (χ1n) is 6.66. The fraction of sp³-hybridized carbons (Fsp3) is 0.133. The van der Waals surface area contributed by atoms with Crippen LogP contribution in [0.4, 0.5) is 5.82 Å². The predicted octanol–water partition coefficient (Wildman–Crippen LogP) is 2.07. The first-order chi connectivity index (χ1) is 10.7. The molecule has 0 saturated carbocycles. The molecule has 0 spiro atoms. The number of benzene rings is 1. The number of aryl methyl sites for hydroxylation is 1. The van der Waals surface area contributed by atoms with E-state index in [-0.39, 0.29) is 5.91 Å². The summed E-state index contributed by atoms with van der Waals surface area (Å²) >= 11 is 0. The Hall–Kier alpha value is -3.09. The first kappa shape index (κ1) is 13.9. The van der Waals surface area contributed by atoms with Gasteiger partial charge in [-0.3, -0.25) is 14.6 Å². The Morgan fingerprint density at radius 2 is 2.05 bits per heavy atom. The summed E-state index contributed by atoms with van der Waals surface area (Å²) in [5, 5.41) is 13.7. The summed E-state index contributed by atoms with van der Waals surface area (Å²) in [6.07, 6.45) is 1.76.